The second-order valence-electron chi connectivity index (χ2n) is 5.64. The molecule has 1 aliphatic rings. The Balaban J connectivity index is 1.71. The third-order valence-electron chi connectivity index (χ3n) is 3.99. The van der Waals surface area contributed by atoms with Crippen molar-refractivity contribution in [3.63, 3.8) is 0 Å². The molecule has 0 aliphatic carbocycles. The van der Waals surface area contributed by atoms with Crippen LogP contribution >= 0.6 is 23.2 Å². The van der Waals surface area contributed by atoms with Crippen LogP contribution in [0.5, 0.6) is 0 Å². The van der Waals surface area contributed by atoms with Crippen LogP contribution in [0.2, 0.25) is 10.0 Å². The van der Waals surface area contributed by atoms with E-state index in [-0.39, 0.29) is 5.91 Å². The second kappa shape index (κ2) is 7.72. The van der Waals surface area contributed by atoms with Gasteiger partial charge in [-0.2, -0.15) is 0 Å². The lowest BCUT2D eigenvalue weighted by Gasteiger charge is -2.34. The van der Waals surface area contributed by atoms with E-state index in [0.717, 1.165) is 12.1 Å². The Morgan fingerprint density at radius 3 is 2.52 bits per heavy atom. The zero-order valence-corrected chi connectivity index (χ0v) is 14.8. The normalized spacial score (nSPS) is 14.3. The van der Waals surface area contributed by atoms with Crippen LogP contribution in [0.4, 0.5) is 11.4 Å². The minimum Gasteiger partial charge on any atom is -0.367 e. The van der Waals surface area contributed by atoms with Crippen LogP contribution in [0.1, 0.15) is 10.4 Å². The first kappa shape index (κ1) is 17.5. The van der Waals surface area contributed by atoms with E-state index in [4.69, 9.17) is 23.2 Å². The van der Waals surface area contributed by atoms with E-state index in [9.17, 15) is 9.59 Å². The predicted molar refractivity (Wildman–Crippen MR) is 98.5 cm³/mol. The van der Waals surface area contributed by atoms with Crippen LogP contribution in [-0.4, -0.2) is 48.4 Å². The molecule has 0 unspecified atom stereocenters. The average molecular weight is 379 g/mol. The predicted octanol–water partition coefficient (Wildman–Crippen LogP) is 2.92. The Morgan fingerprint density at radius 2 is 1.84 bits per heavy atom. The fraction of sp³-hybridized carbons (Fsp3) is 0.235. The number of aromatic nitrogens is 1. The standard InChI is InChI=1S/C17H16Cl2N4O2/c18-15-2-1-13(8-16(15)19)21-17(25)12-7-14(10-20-9-12)23-5-3-22(11-24)4-6-23/h1-2,7-11H,3-6H2,(H,21,25). The Hall–Kier alpha value is -2.31. The minimum atomic E-state index is -0.278. The van der Waals surface area contributed by atoms with Crippen molar-refractivity contribution in [1.82, 2.24) is 9.88 Å². The molecule has 1 N–H and O–H groups in total. The molecule has 0 atom stereocenters. The molecule has 1 aliphatic heterocycles. The molecule has 130 valence electrons. The molecule has 0 bridgehead atoms. The summed E-state index contributed by atoms with van der Waals surface area (Å²) in [6.07, 6.45) is 4.08. The number of carbonyl (C=O) groups excluding carboxylic acids is 2. The summed E-state index contributed by atoms with van der Waals surface area (Å²) in [6.45, 7) is 2.73. The van der Waals surface area contributed by atoms with Crippen molar-refractivity contribution in [3.8, 4) is 0 Å². The summed E-state index contributed by atoms with van der Waals surface area (Å²) < 4.78 is 0. The molecule has 1 aromatic heterocycles. The lowest BCUT2D eigenvalue weighted by atomic mass is 10.2. The largest absolute Gasteiger partial charge is 0.367 e. The maximum Gasteiger partial charge on any atom is 0.257 e. The fourth-order valence-electron chi connectivity index (χ4n) is 2.59. The summed E-state index contributed by atoms with van der Waals surface area (Å²) in [5.74, 6) is -0.278. The second-order valence-corrected chi connectivity index (χ2v) is 6.46. The number of rotatable bonds is 4. The van der Waals surface area contributed by atoms with E-state index >= 15 is 0 Å². The Kier molecular flexibility index (Phi) is 5.40. The smallest absolute Gasteiger partial charge is 0.257 e. The summed E-state index contributed by atoms with van der Waals surface area (Å²) in [5, 5.41) is 3.58. The Labute approximate surface area is 155 Å². The maximum absolute atomic E-state index is 12.4. The lowest BCUT2D eigenvalue weighted by molar-refractivity contribution is -0.118. The highest BCUT2D eigenvalue weighted by Crippen LogP contribution is 2.25. The number of carbonyl (C=O) groups is 2. The van der Waals surface area contributed by atoms with Gasteiger partial charge in [0.25, 0.3) is 5.91 Å². The number of benzene rings is 1. The van der Waals surface area contributed by atoms with Gasteiger partial charge in [-0.05, 0) is 24.3 Å². The first-order valence-corrected chi connectivity index (χ1v) is 8.48. The van der Waals surface area contributed by atoms with Crippen molar-refractivity contribution in [2.75, 3.05) is 36.4 Å². The third kappa shape index (κ3) is 4.21. The number of hydrogen-bond donors (Lipinski definition) is 1. The molecule has 2 heterocycles. The first-order chi connectivity index (χ1) is 12.1. The van der Waals surface area contributed by atoms with Crippen molar-refractivity contribution >= 4 is 46.9 Å². The SMILES string of the molecule is O=CN1CCN(c2cncc(C(=O)Nc3ccc(Cl)c(Cl)c3)c2)CC1. The molecule has 0 spiro atoms. The summed E-state index contributed by atoms with van der Waals surface area (Å²) in [5.41, 5.74) is 1.86. The van der Waals surface area contributed by atoms with Gasteiger partial charge in [-0.25, -0.2) is 0 Å². The number of halogens is 2. The number of nitrogens with one attached hydrogen (secondary N) is 1. The minimum absolute atomic E-state index is 0.278. The number of hydrogen-bond acceptors (Lipinski definition) is 4. The van der Waals surface area contributed by atoms with Crippen LogP contribution in [0.25, 0.3) is 0 Å². The van der Waals surface area contributed by atoms with Gasteiger partial charge in [0.1, 0.15) is 0 Å². The molecule has 1 fully saturated rings. The van der Waals surface area contributed by atoms with Gasteiger partial charge in [0.2, 0.25) is 6.41 Å². The molecule has 8 heteroatoms. The molecule has 25 heavy (non-hydrogen) atoms. The Bertz CT molecular complexity index is 792. The molecule has 0 saturated carbocycles. The van der Waals surface area contributed by atoms with Gasteiger partial charge in [-0.1, -0.05) is 23.2 Å². The van der Waals surface area contributed by atoms with Crippen molar-refractivity contribution in [2.45, 2.75) is 0 Å². The van der Waals surface area contributed by atoms with Gasteiger partial charge in [-0.3, -0.25) is 14.6 Å². The van der Waals surface area contributed by atoms with Crippen molar-refractivity contribution in [3.05, 3.63) is 52.3 Å². The summed E-state index contributed by atoms with van der Waals surface area (Å²) in [4.78, 5) is 31.2. The molecule has 3 rings (SSSR count). The van der Waals surface area contributed by atoms with E-state index in [0.29, 0.717) is 47.5 Å². The van der Waals surface area contributed by atoms with Gasteiger partial charge >= 0.3 is 0 Å². The van der Waals surface area contributed by atoms with Gasteiger partial charge in [0, 0.05) is 38.1 Å². The zero-order valence-electron chi connectivity index (χ0n) is 13.3. The molecule has 0 radical (unpaired) electrons. The number of anilines is 2. The fourth-order valence-corrected chi connectivity index (χ4v) is 2.89. The number of nitrogens with zero attached hydrogens (tertiary/aromatic N) is 3. The van der Waals surface area contributed by atoms with Crippen molar-refractivity contribution < 1.29 is 9.59 Å². The van der Waals surface area contributed by atoms with Gasteiger partial charge in [0.15, 0.2) is 0 Å². The van der Waals surface area contributed by atoms with Crippen LogP contribution < -0.4 is 10.2 Å². The van der Waals surface area contributed by atoms with Gasteiger partial charge < -0.3 is 15.1 Å². The molecule has 2 amide bonds. The Morgan fingerprint density at radius 1 is 1.08 bits per heavy atom. The quantitative estimate of drug-likeness (QED) is 0.830. The lowest BCUT2D eigenvalue weighted by Crippen LogP contribution is -2.45. The average Bonchev–Trinajstić information content (AvgIpc) is 2.65. The monoisotopic (exact) mass is 378 g/mol. The topological polar surface area (TPSA) is 65.5 Å². The highest BCUT2D eigenvalue weighted by atomic mass is 35.5. The molecule has 1 saturated heterocycles. The van der Waals surface area contributed by atoms with E-state index in [1.807, 2.05) is 0 Å². The molecule has 1 aromatic carbocycles. The molecular weight excluding hydrogens is 363 g/mol. The van der Waals surface area contributed by atoms with Crippen LogP contribution in [0, 0.1) is 0 Å². The molecule has 6 nitrogen and oxygen atoms in total. The highest BCUT2D eigenvalue weighted by Gasteiger charge is 2.17. The number of pyridine rings is 1. The first-order valence-electron chi connectivity index (χ1n) is 7.72. The third-order valence-corrected chi connectivity index (χ3v) is 4.73. The van der Waals surface area contributed by atoms with E-state index in [1.165, 1.54) is 6.20 Å². The molecule has 2 aromatic rings. The molecular formula is C17H16Cl2N4O2. The van der Waals surface area contributed by atoms with Crippen LogP contribution in [0.3, 0.4) is 0 Å². The van der Waals surface area contributed by atoms with E-state index < -0.39 is 0 Å². The maximum atomic E-state index is 12.4. The number of amides is 2. The van der Waals surface area contributed by atoms with Crippen molar-refractivity contribution in [2.24, 2.45) is 0 Å². The zero-order chi connectivity index (χ0) is 17.8. The van der Waals surface area contributed by atoms with E-state index in [2.05, 4.69) is 15.2 Å². The summed E-state index contributed by atoms with van der Waals surface area (Å²) >= 11 is 11.8. The highest BCUT2D eigenvalue weighted by molar-refractivity contribution is 6.42. The van der Waals surface area contributed by atoms with E-state index in [1.54, 1.807) is 35.4 Å². The van der Waals surface area contributed by atoms with Crippen LogP contribution in [0.15, 0.2) is 36.7 Å². The van der Waals surface area contributed by atoms with Crippen LogP contribution in [-0.2, 0) is 4.79 Å². The summed E-state index contributed by atoms with van der Waals surface area (Å²) in [7, 11) is 0. The number of piperazine rings is 1. The van der Waals surface area contributed by atoms with Gasteiger partial charge in [-0.15, -0.1) is 0 Å². The van der Waals surface area contributed by atoms with Gasteiger partial charge in [0.05, 0.1) is 27.5 Å². The summed E-state index contributed by atoms with van der Waals surface area (Å²) in [6, 6.07) is 6.69. The van der Waals surface area contributed by atoms with Crippen molar-refractivity contribution in [1.29, 1.82) is 0 Å².